The number of urea groups is 1. The molecule has 8 nitrogen and oxygen atoms in total. The molecule has 3 amide bonds. The van der Waals surface area contributed by atoms with Crippen LogP contribution in [0.4, 0.5) is 10.5 Å². The van der Waals surface area contributed by atoms with Crippen LogP contribution in [0.5, 0.6) is 0 Å². The third-order valence-corrected chi connectivity index (χ3v) is 4.42. The number of benzene rings is 1. The van der Waals surface area contributed by atoms with Crippen LogP contribution in [0.15, 0.2) is 42.6 Å². The number of nitrogens with one attached hydrogen (secondary N) is 1. The normalized spacial score (nSPS) is 13.4. The van der Waals surface area contributed by atoms with Crippen molar-refractivity contribution in [2.45, 2.75) is 13.3 Å². The fourth-order valence-electron chi connectivity index (χ4n) is 2.84. The van der Waals surface area contributed by atoms with Gasteiger partial charge in [-0.15, -0.1) is 0 Å². The van der Waals surface area contributed by atoms with Crippen LogP contribution in [0.3, 0.4) is 0 Å². The summed E-state index contributed by atoms with van der Waals surface area (Å²) >= 11 is 6.01. The molecule has 28 heavy (non-hydrogen) atoms. The number of ether oxygens (including phenoxy) is 1. The summed E-state index contributed by atoms with van der Waals surface area (Å²) in [5, 5.41) is 5.46. The van der Waals surface area contributed by atoms with Gasteiger partial charge < -0.3 is 10.1 Å². The van der Waals surface area contributed by atoms with Crippen molar-refractivity contribution >= 4 is 35.2 Å². The highest BCUT2D eigenvalue weighted by atomic mass is 35.5. The van der Waals surface area contributed by atoms with Gasteiger partial charge in [-0.3, -0.25) is 4.79 Å². The Labute approximate surface area is 167 Å². The molecule has 2 aromatic rings. The molecular weight excluding hydrogens is 384 g/mol. The van der Waals surface area contributed by atoms with Gasteiger partial charge in [-0.1, -0.05) is 17.7 Å². The van der Waals surface area contributed by atoms with Crippen LogP contribution < -0.4 is 5.32 Å². The lowest BCUT2D eigenvalue weighted by Crippen LogP contribution is -2.46. The Hall–Kier alpha value is -3.13. The third kappa shape index (κ3) is 4.23. The molecule has 1 saturated heterocycles. The van der Waals surface area contributed by atoms with E-state index in [-0.39, 0.29) is 17.3 Å². The summed E-state index contributed by atoms with van der Waals surface area (Å²) in [5.41, 5.74) is 0.985. The number of aromatic nitrogens is 1. The zero-order valence-electron chi connectivity index (χ0n) is 15.2. The van der Waals surface area contributed by atoms with E-state index in [4.69, 9.17) is 16.3 Å². The molecule has 1 N–H and O–H groups in total. The molecule has 146 valence electrons. The molecule has 1 aromatic carbocycles. The summed E-state index contributed by atoms with van der Waals surface area (Å²) < 4.78 is 4.96. The van der Waals surface area contributed by atoms with Gasteiger partial charge in [-0.2, -0.15) is 0 Å². The van der Waals surface area contributed by atoms with Gasteiger partial charge in [0.2, 0.25) is 0 Å². The molecule has 3 rings (SSSR count). The van der Waals surface area contributed by atoms with Crippen LogP contribution in [-0.4, -0.2) is 52.6 Å². The second-order valence-electron chi connectivity index (χ2n) is 5.98. The maximum Gasteiger partial charge on any atom is 0.340 e. The van der Waals surface area contributed by atoms with Crippen molar-refractivity contribution in [3.05, 3.63) is 58.9 Å². The quantitative estimate of drug-likeness (QED) is 0.626. The molecule has 0 saturated carbocycles. The highest BCUT2D eigenvalue weighted by Gasteiger charge is 2.32. The van der Waals surface area contributed by atoms with Crippen LogP contribution in [0.1, 0.15) is 34.1 Å². The van der Waals surface area contributed by atoms with Crippen LogP contribution in [0.25, 0.3) is 0 Å². The highest BCUT2D eigenvalue weighted by molar-refractivity contribution is 6.32. The molecule has 0 unspecified atom stereocenters. The molecule has 1 aliphatic rings. The number of carbonyl (C=O) groups is 3. The Morgan fingerprint density at radius 3 is 2.71 bits per heavy atom. The second-order valence-corrected chi connectivity index (χ2v) is 6.34. The first-order valence-corrected chi connectivity index (χ1v) is 9.17. The van der Waals surface area contributed by atoms with E-state index < -0.39 is 17.9 Å². The number of hydrogen-bond donors (Lipinski definition) is 1. The summed E-state index contributed by atoms with van der Waals surface area (Å²) in [6, 6.07) is 9.12. The second kappa shape index (κ2) is 8.71. The van der Waals surface area contributed by atoms with E-state index in [1.165, 1.54) is 22.3 Å². The predicted octanol–water partition coefficient (Wildman–Crippen LogP) is 3.21. The first kappa shape index (κ1) is 19.6. The lowest BCUT2D eigenvalue weighted by molar-refractivity contribution is 0.0404. The Bertz CT molecular complexity index is 905. The minimum absolute atomic E-state index is 0.0851. The van der Waals surface area contributed by atoms with Crippen molar-refractivity contribution in [1.29, 1.82) is 0 Å². The number of rotatable bonds is 4. The number of carbonyl (C=O) groups excluding carboxylic acids is 3. The molecule has 2 heterocycles. The molecule has 9 heteroatoms. The van der Waals surface area contributed by atoms with Crippen molar-refractivity contribution in [1.82, 2.24) is 15.0 Å². The molecule has 1 aliphatic heterocycles. The summed E-state index contributed by atoms with van der Waals surface area (Å²) in [5.74, 6) is -0.867. The van der Waals surface area contributed by atoms with E-state index >= 15 is 0 Å². The summed E-state index contributed by atoms with van der Waals surface area (Å²) in [6.45, 7) is 2.75. The van der Waals surface area contributed by atoms with Crippen LogP contribution >= 0.6 is 11.6 Å². The first-order valence-electron chi connectivity index (χ1n) is 8.79. The van der Waals surface area contributed by atoms with Crippen LogP contribution in [0, 0.1) is 0 Å². The van der Waals surface area contributed by atoms with E-state index in [9.17, 15) is 14.4 Å². The number of anilines is 1. The van der Waals surface area contributed by atoms with Gasteiger partial charge in [-0.25, -0.2) is 24.6 Å². The van der Waals surface area contributed by atoms with E-state index in [2.05, 4.69) is 10.3 Å². The van der Waals surface area contributed by atoms with Crippen molar-refractivity contribution < 1.29 is 19.1 Å². The lowest BCUT2D eigenvalue weighted by atomic mass is 10.2. The number of halogens is 1. The van der Waals surface area contributed by atoms with Crippen molar-refractivity contribution in [2.75, 3.05) is 25.0 Å². The summed E-state index contributed by atoms with van der Waals surface area (Å²) in [4.78, 5) is 41.2. The monoisotopic (exact) mass is 402 g/mol. The highest BCUT2D eigenvalue weighted by Crippen LogP contribution is 2.21. The minimum Gasteiger partial charge on any atom is -0.462 e. The molecule has 0 spiro atoms. The maximum atomic E-state index is 12.8. The fourth-order valence-corrected chi connectivity index (χ4v) is 3.05. The van der Waals surface area contributed by atoms with E-state index in [1.54, 1.807) is 37.3 Å². The standard InChI is InChI=1S/C19H19ClN4O4/c1-2-28-18(26)13-6-3-7-14(12-13)22-19(27)24-11-5-10-23(24)17(25)15-8-4-9-21-16(15)20/h3-4,6-9,12H,2,5,10-11H2,1H3,(H,22,27). The Morgan fingerprint density at radius 1 is 1.18 bits per heavy atom. The minimum atomic E-state index is -0.480. The van der Waals surface area contributed by atoms with E-state index in [1.807, 2.05) is 0 Å². The smallest absolute Gasteiger partial charge is 0.340 e. The van der Waals surface area contributed by atoms with Crippen molar-refractivity contribution in [3.63, 3.8) is 0 Å². The van der Waals surface area contributed by atoms with Gasteiger partial charge in [-0.05, 0) is 43.7 Å². The number of amides is 3. The third-order valence-electron chi connectivity index (χ3n) is 4.11. The van der Waals surface area contributed by atoms with Crippen molar-refractivity contribution in [2.24, 2.45) is 0 Å². The molecule has 0 radical (unpaired) electrons. The van der Waals surface area contributed by atoms with Gasteiger partial charge in [0.25, 0.3) is 5.91 Å². The van der Waals surface area contributed by atoms with Gasteiger partial charge >= 0.3 is 12.0 Å². The number of pyridine rings is 1. The number of hydrazine groups is 1. The van der Waals surface area contributed by atoms with Gasteiger partial charge in [0, 0.05) is 25.0 Å². The predicted molar refractivity (Wildman–Crippen MR) is 103 cm³/mol. The van der Waals surface area contributed by atoms with Gasteiger partial charge in [0.05, 0.1) is 17.7 Å². The van der Waals surface area contributed by atoms with Crippen molar-refractivity contribution in [3.8, 4) is 0 Å². The lowest BCUT2D eigenvalue weighted by Gasteiger charge is -2.28. The zero-order valence-corrected chi connectivity index (χ0v) is 16.0. The van der Waals surface area contributed by atoms with Gasteiger partial charge in [0.1, 0.15) is 5.15 Å². The number of esters is 1. The Kier molecular flexibility index (Phi) is 6.10. The Balaban J connectivity index is 1.73. The number of nitrogens with zero attached hydrogens (tertiary/aromatic N) is 3. The molecular formula is C19H19ClN4O4. The summed E-state index contributed by atoms with van der Waals surface area (Å²) in [7, 11) is 0. The average Bonchev–Trinajstić information content (AvgIpc) is 3.18. The maximum absolute atomic E-state index is 12.8. The van der Waals surface area contributed by atoms with Crippen LogP contribution in [-0.2, 0) is 4.74 Å². The zero-order chi connectivity index (χ0) is 20.1. The fraction of sp³-hybridized carbons (Fsp3) is 0.263. The first-order chi connectivity index (χ1) is 13.5. The van der Waals surface area contributed by atoms with Crippen LogP contribution in [0.2, 0.25) is 5.15 Å². The van der Waals surface area contributed by atoms with E-state index in [0.29, 0.717) is 30.8 Å². The van der Waals surface area contributed by atoms with E-state index in [0.717, 1.165) is 0 Å². The number of hydrogen-bond acceptors (Lipinski definition) is 5. The topological polar surface area (TPSA) is 91.8 Å². The molecule has 0 atom stereocenters. The molecule has 1 fully saturated rings. The molecule has 0 bridgehead atoms. The van der Waals surface area contributed by atoms with Gasteiger partial charge in [0.15, 0.2) is 0 Å². The SMILES string of the molecule is CCOC(=O)c1cccc(NC(=O)N2CCCN2C(=O)c2cccnc2Cl)c1. The summed E-state index contributed by atoms with van der Waals surface area (Å²) in [6.07, 6.45) is 2.13. The average molecular weight is 403 g/mol. The molecule has 1 aromatic heterocycles. The largest absolute Gasteiger partial charge is 0.462 e. The molecule has 0 aliphatic carbocycles. The Morgan fingerprint density at radius 2 is 1.96 bits per heavy atom.